The van der Waals surface area contributed by atoms with Crippen LogP contribution in [0.3, 0.4) is 0 Å². The van der Waals surface area contributed by atoms with E-state index in [0.29, 0.717) is 5.92 Å². The predicted molar refractivity (Wildman–Crippen MR) is 83.9 cm³/mol. The van der Waals surface area contributed by atoms with Gasteiger partial charge in [-0.05, 0) is 54.7 Å². The maximum atomic E-state index is 5.43. The van der Waals surface area contributed by atoms with E-state index in [-0.39, 0.29) is 0 Å². The molecule has 1 atom stereocenters. The van der Waals surface area contributed by atoms with Gasteiger partial charge in [-0.1, -0.05) is 24.3 Å². The highest BCUT2D eigenvalue weighted by Gasteiger charge is 2.23. The lowest BCUT2D eigenvalue weighted by Gasteiger charge is -2.28. The second-order valence-electron chi connectivity index (χ2n) is 5.53. The number of benzene rings is 2. The van der Waals surface area contributed by atoms with Gasteiger partial charge in [0.1, 0.15) is 5.75 Å². The van der Waals surface area contributed by atoms with Gasteiger partial charge in [-0.3, -0.25) is 0 Å². The normalized spacial score (nSPS) is 17.2. The van der Waals surface area contributed by atoms with Crippen molar-refractivity contribution in [2.24, 2.45) is 0 Å². The van der Waals surface area contributed by atoms with Crippen molar-refractivity contribution in [1.29, 1.82) is 0 Å². The molecule has 0 spiro atoms. The molecule has 0 radical (unpaired) electrons. The number of fused-ring (bicyclic) bond motifs is 1. The molecule has 3 rings (SSSR count). The van der Waals surface area contributed by atoms with E-state index in [2.05, 4.69) is 55.6 Å². The summed E-state index contributed by atoms with van der Waals surface area (Å²) in [5.74, 6) is 1.46. The molecule has 0 aliphatic carbocycles. The maximum Gasteiger partial charge on any atom is 0.122 e. The highest BCUT2D eigenvalue weighted by molar-refractivity contribution is 5.59. The summed E-state index contributed by atoms with van der Waals surface area (Å²) in [7, 11) is 1.74. The lowest BCUT2D eigenvalue weighted by molar-refractivity contribution is 0.411. The third-order valence-corrected chi connectivity index (χ3v) is 4.24. The zero-order valence-corrected chi connectivity index (χ0v) is 12.4. The van der Waals surface area contributed by atoms with Gasteiger partial charge in [0.25, 0.3) is 0 Å². The molecule has 0 saturated heterocycles. The molecule has 1 aliphatic rings. The Morgan fingerprint density at radius 1 is 1.05 bits per heavy atom. The summed E-state index contributed by atoms with van der Waals surface area (Å²) in [4.78, 5) is 0. The number of rotatable bonds is 2. The Balaban J connectivity index is 2.09. The van der Waals surface area contributed by atoms with Crippen molar-refractivity contribution < 1.29 is 4.74 Å². The van der Waals surface area contributed by atoms with E-state index in [0.717, 1.165) is 18.7 Å². The van der Waals surface area contributed by atoms with Crippen LogP contribution in [0.15, 0.2) is 36.4 Å². The topological polar surface area (TPSA) is 21.3 Å². The van der Waals surface area contributed by atoms with Gasteiger partial charge in [0, 0.05) is 18.2 Å². The van der Waals surface area contributed by atoms with Gasteiger partial charge in [0.05, 0.1) is 7.11 Å². The molecular weight excluding hydrogens is 246 g/mol. The molecular formula is C18H21NO. The fourth-order valence-electron chi connectivity index (χ4n) is 3.20. The van der Waals surface area contributed by atoms with Crippen LogP contribution in [0.1, 0.15) is 34.6 Å². The summed E-state index contributed by atoms with van der Waals surface area (Å²) < 4.78 is 5.43. The first kappa shape index (κ1) is 13.0. The van der Waals surface area contributed by atoms with E-state index in [1.165, 1.54) is 27.9 Å². The third-order valence-electron chi connectivity index (χ3n) is 4.24. The molecule has 0 amide bonds. The Hall–Kier alpha value is -1.96. The van der Waals surface area contributed by atoms with E-state index in [1.54, 1.807) is 7.11 Å². The number of para-hydroxylation sites is 1. The van der Waals surface area contributed by atoms with Crippen LogP contribution in [0.25, 0.3) is 0 Å². The maximum absolute atomic E-state index is 5.43. The van der Waals surface area contributed by atoms with Crippen molar-refractivity contribution >= 4 is 5.69 Å². The van der Waals surface area contributed by atoms with Crippen molar-refractivity contribution in [3.05, 3.63) is 58.7 Å². The van der Waals surface area contributed by atoms with Gasteiger partial charge < -0.3 is 10.1 Å². The van der Waals surface area contributed by atoms with Crippen molar-refractivity contribution in [1.82, 2.24) is 0 Å². The number of aryl methyl sites for hydroxylation is 2. The lowest BCUT2D eigenvalue weighted by atomic mass is 9.82. The van der Waals surface area contributed by atoms with E-state index >= 15 is 0 Å². The highest BCUT2D eigenvalue weighted by Crippen LogP contribution is 2.39. The van der Waals surface area contributed by atoms with Crippen molar-refractivity contribution in [3.8, 4) is 5.75 Å². The van der Waals surface area contributed by atoms with Gasteiger partial charge in [-0.2, -0.15) is 0 Å². The summed E-state index contributed by atoms with van der Waals surface area (Å²) in [5, 5.41) is 3.49. The van der Waals surface area contributed by atoms with Crippen LogP contribution in [-0.4, -0.2) is 13.7 Å². The van der Waals surface area contributed by atoms with Crippen LogP contribution in [0.2, 0.25) is 0 Å². The van der Waals surface area contributed by atoms with Gasteiger partial charge in [-0.25, -0.2) is 0 Å². The highest BCUT2D eigenvalue weighted by atomic mass is 16.5. The Bertz CT molecular complexity index is 633. The van der Waals surface area contributed by atoms with Gasteiger partial charge >= 0.3 is 0 Å². The molecule has 2 aromatic rings. The molecule has 0 bridgehead atoms. The van der Waals surface area contributed by atoms with Crippen molar-refractivity contribution in [3.63, 3.8) is 0 Å². The summed E-state index contributed by atoms with van der Waals surface area (Å²) in [6.45, 7) is 5.34. The average Bonchev–Trinajstić information content (AvgIpc) is 2.48. The first-order chi connectivity index (χ1) is 9.70. The zero-order valence-electron chi connectivity index (χ0n) is 12.4. The van der Waals surface area contributed by atoms with Crippen molar-refractivity contribution in [2.45, 2.75) is 26.2 Å². The monoisotopic (exact) mass is 267 g/mol. The molecule has 0 fully saturated rings. The number of hydrogen-bond acceptors (Lipinski definition) is 2. The van der Waals surface area contributed by atoms with E-state index in [4.69, 9.17) is 4.74 Å². The van der Waals surface area contributed by atoms with Crippen LogP contribution >= 0.6 is 0 Å². The van der Waals surface area contributed by atoms with Gasteiger partial charge in [0.2, 0.25) is 0 Å². The summed E-state index contributed by atoms with van der Waals surface area (Å²) in [5.41, 5.74) is 6.64. The Morgan fingerprint density at radius 3 is 2.65 bits per heavy atom. The first-order valence-corrected chi connectivity index (χ1v) is 7.18. The SMILES string of the molecule is COc1cc(C)c(C2CCNc3ccccc32)cc1C. The lowest BCUT2D eigenvalue weighted by Crippen LogP contribution is -2.18. The fraction of sp³-hybridized carbons (Fsp3) is 0.333. The third kappa shape index (κ3) is 2.15. The molecule has 1 heterocycles. The van der Waals surface area contributed by atoms with Crippen molar-refractivity contribution in [2.75, 3.05) is 19.0 Å². The average molecular weight is 267 g/mol. The summed E-state index contributed by atoms with van der Waals surface area (Å²) in [6, 6.07) is 13.1. The molecule has 1 N–H and O–H groups in total. The number of methoxy groups -OCH3 is 1. The quantitative estimate of drug-likeness (QED) is 0.877. The molecule has 1 unspecified atom stereocenters. The number of ether oxygens (including phenoxy) is 1. The molecule has 2 aromatic carbocycles. The van der Waals surface area contributed by atoms with Crippen LogP contribution in [0.5, 0.6) is 5.75 Å². The van der Waals surface area contributed by atoms with Gasteiger partial charge in [0.15, 0.2) is 0 Å². The molecule has 0 saturated carbocycles. The zero-order chi connectivity index (χ0) is 14.1. The molecule has 2 heteroatoms. The summed E-state index contributed by atoms with van der Waals surface area (Å²) >= 11 is 0. The van der Waals surface area contributed by atoms with E-state index < -0.39 is 0 Å². The second-order valence-corrected chi connectivity index (χ2v) is 5.53. The van der Waals surface area contributed by atoms with Crippen LogP contribution in [0.4, 0.5) is 5.69 Å². The van der Waals surface area contributed by atoms with Crippen LogP contribution < -0.4 is 10.1 Å². The van der Waals surface area contributed by atoms with E-state index in [1.807, 2.05) is 0 Å². The fourth-order valence-corrected chi connectivity index (χ4v) is 3.20. The second kappa shape index (κ2) is 5.20. The molecule has 0 aromatic heterocycles. The van der Waals surface area contributed by atoms with Gasteiger partial charge in [-0.15, -0.1) is 0 Å². The minimum Gasteiger partial charge on any atom is -0.496 e. The minimum atomic E-state index is 0.483. The number of nitrogens with one attached hydrogen (secondary N) is 1. The smallest absolute Gasteiger partial charge is 0.122 e. The van der Waals surface area contributed by atoms with Crippen LogP contribution in [0, 0.1) is 13.8 Å². The summed E-state index contributed by atoms with van der Waals surface area (Å²) in [6.07, 6.45) is 1.14. The predicted octanol–water partition coefficient (Wildman–Crippen LogP) is 4.26. The Labute approximate surface area is 120 Å². The molecule has 20 heavy (non-hydrogen) atoms. The molecule has 1 aliphatic heterocycles. The standard InChI is InChI=1S/C18H21NO/c1-12-11-18(20-3)13(2)10-16(12)14-8-9-19-17-7-5-4-6-15(14)17/h4-7,10-11,14,19H,8-9H2,1-3H3. The molecule has 104 valence electrons. The minimum absolute atomic E-state index is 0.483. The first-order valence-electron chi connectivity index (χ1n) is 7.18. The molecule has 2 nitrogen and oxygen atoms in total. The Morgan fingerprint density at radius 2 is 1.85 bits per heavy atom. The number of hydrogen-bond donors (Lipinski definition) is 1. The van der Waals surface area contributed by atoms with Crippen LogP contribution in [-0.2, 0) is 0 Å². The number of anilines is 1. The van der Waals surface area contributed by atoms with E-state index in [9.17, 15) is 0 Å². The Kier molecular flexibility index (Phi) is 3.39. The largest absolute Gasteiger partial charge is 0.496 e.